The van der Waals surface area contributed by atoms with Crippen LogP contribution in [0.1, 0.15) is 43.6 Å². The molecule has 0 aliphatic carbocycles. The average molecular weight is 396 g/mol. The molecule has 0 aliphatic heterocycles. The Bertz CT molecular complexity index is 872. The number of rotatable bonds is 6. The van der Waals surface area contributed by atoms with Crippen molar-refractivity contribution >= 4 is 23.5 Å². The van der Waals surface area contributed by atoms with Crippen molar-refractivity contribution in [3.8, 4) is 0 Å². The zero-order valence-corrected chi connectivity index (χ0v) is 17.6. The van der Waals surface area contributed by atoms with Gasteiger partial charge in [-0.1, -0.05) is 57.2 Å². The maximum absolute atomic E-state index is 12.5. The van der Waals surface area contributed by atoms with Crippen LogP contribution in [0.4, 0.5) is 5.69 Å². The summed E-state index contributed by atoms with van der Waals surface area (Å²) in [6.07, 6.45) is -0.927. The summed E-state index contributed by atoms with van der Waals surface area (Å²) in [6, 6.07) is 16.1. The average Bonchev–Trinajstić information content (AvgIpc) is 2.67. The van der Waals surface area contributed by atoms with Crippen LogP contribution in [0.3, 0.4) is 0 Å². The minimum Gasteiger partial charge on any atom is -0.449 e. The highest BCUT2D eigenvalue weighted by molar-refractivity contribution is 5.97. The van der Waals surface area contributed by atoms with Crippen molar-refractivity contribution in [2.45, 2.75) is 40.3 Å². The summed E-state index contributed by atoms with van der Waals surface area (Å²) in [4.78, 5) is 38.6. The predicted molar refractivity (Wildman–Crippen MR) is 112 cm³/mol. The van der Waals surface area contributed by atoms with E-state index in [1.54, 1.807) is 52.9 Å². The van der Waals surface area contributed by atoms with E-state index in [0.717, 1.165) is 5.56 Å². The summed E-state index contributed by atoms with van der Waals surface area (Å²) in [5, 5.41) is 2.78. The molecule has 2 aromatic carbocycles. The Morgan fingerprint density at radius 2 is 1.69 bits per heavy atom. The van der Waals surface area contributed by atoms with E-state index >= 15 is 0 Å². The molecule has 0 fully saturated rings. The molecule has 2 aromatic rings. The molecular weight excluding hydrogens is 368 g/mol. The maximum Gasteiger partial charge on any atom is 0.338 e. The van der Waals surface area contributed by atoms with E-state index in [1.165, 1.54) is 11.0 Å². The molecular formula is C23H28N2O4. The number of hydrogen-bond acceptors (Lipinski definition) is 4. The summed E-state index contributed by atoms with van der Waals surface area (Å²) in [6.45, 7) is 7.39. The van der Waals surface area contributed by atoms with E-state index in [9.17, 15) is 14.4 Å². The maximum atomic E-state index is 12.5. The summed E-state index contributed by atoms with van der Waals surface area (Å²) >= 11 is 0. The van der Waals surface area contributed by atoms with Crippen LogP contribution >= 0.6 is 0 Å². The summed E-state index contributed by atoms with van der Waals surface area (Å²) in [5.41, 5.74) is 1.20. The predicted octanol–water partition coefficient (Wildman–Crippen LogP) is 3.88. The number of hydrogen-bond donors (Lipinski definition) is 1. The van der Waals surface area contributed by atoms with Crippen LogP contribution in [-0.2, 0) is 20.9 Å². The van der Waals surface area contributed by atoms with Gasteiger partial charge >= 0.3 is 5.97 Å². The van der Waals surface area contributed by atoms with E-state index in [-0.39, 0.29) is 17.4 Å². The normalized spacial score (nSPS) is 12.0. The van der Waals surface area contributed by atoms with E-state index in [1.807, 2.05) is 30.3 Å². The molecule has 0 bridgehead atoms. The minimum atomic E-state index is -0.927. The second-order valence-corrected chi connectivity index (χ2v) is 8.01. The van der Waals surface area contributed by atoms with Crippen LogP contribution < -0.4 is 5.32 Å². The van der Waals surface area contributed by atoms with Crippen molar-refractivity contribution < 1.29 is 19.1 Å². The van der Waals surface area contributed by atoms with Crippen LogP contribution in [0, 0.1) is 5.41 Å². The van der Waals surface area contributed by atoms with Gasteiger partial charge in [0.25, 0.3) is 5.91 Å². The highest BCUT2D eigenvalue weighted by Gasteiger charge is 2.24. The van der Waals surface area contributed by atoms with Crippen molar-refractivity contribution in [3.63, 3.8) is 0 Å². The highest BCUT2D eigenvalue weighted by Crippen LogP contribution is 2.19. The van der Waals surface area contributed by atoms with Crippen molar-refractivity contribution in [2.24, 2.45) is 5.41 Å². The molecule has 29 heavy (non-hydrogen) atoms. The third kappa shape index (κ3) is 6.45. The van der Waals surface area contributed by atoms with E-state index in [4.69, 9.17) is 4.74 Å². The fourth-order valence-electron chi connectivity index (χ4n) is 2.57. The van der Waals surface area contributed by atoms with Gasteiger partial charge < -0.3 is 15.0 Å². The van der Waals surface area contributed by atoms with Crippen LogP contribution in [0.2, 0.25) is 0 Å². The van der Waals surface area contributed by atoms with Gasteiger partial charge in [-0.25, -0.2) is 4.79 Å². The van der Waals surface area contributed by atoms with Gasteiger partial charge in [0.1, 0.15) is 0 Å². The smallest absolute Gasteiger partial charge is 0.338 e. The number of nitrogens with one attached hydrogen (secondary N) is 1. The first-order valence-electron chi connectivity index (χ1n) is 9.49. The highest BCUT2D eigenvalue weighted by atomic mass is 16.5. The van der Waals surface area contributed by atoms with E-state index in [0.29, 0.717) is 12.2 Å². The molecule has 0 aliphatic rings. The number of carbonyl (C=O) groups excluding carboxylic acids is 3. The number of esters is 1. The molecule has 2 rings (SSSR count). The Morgan fingerprint density at radius 1 is 1.03 bits per heavy atom. The topological polar surface area (TPSA) is 75.7 Å². The zero-order chi connectivity index (χ0) is 21.6. The second-order valence-electron chi connectivity index (χ2n) is 8.01. The molecule has 0 saturated heterocycles. The number of likely N-dealkylation sites (N-methyl/N-ethyl adjacent to an activating group) is 1. The number of anilines is 1. The fourth-order valence-corrected chi connectivity index (χ4v) is 2.57. The van der Waals surface area contributed by atoms with E-state index in [2.05, 4.69) is 5.32 Å². The van der Waals surface area contributed by atoms with Crippen LogP contribution in [0.25, 0.3) is 0 Å². The Labute approximate surface area is 171 Å². The molecule has 2 amide bonds. The van der Waals surface area contributed by atoms with Gasteiger partial charge in [-0.2, -0.15) is 0 Å². The van der Waals surface area contributed by atoms with Gasteiger partial charge in [0.2, 0.25) is 5.91 Å². The third-order valence-corrected chi connectivity index (χ3v) is 4.31. The van der Waals surface area contributed by atoms with Crippen LogP contribution in [0.15, 0.2) is 54.6 Å². The molecule has 1 N–H and O–H groups in total. The Morgan fingerprint density at radius 3 is 2.31 bits per heavy atom. The fraction of sp³-hybridized carbons (Fsp3) is 0.348. The lowest BCUT2D eigenvalue weighted by atomic mass is 9.95. The number of ether oxygens (including phenoxy) is 1. The number of benzene rings is 2. The zero-order valence-electron chi connectivity index (χ0n) is 17.6. The Kier molecular flexibility index (Phi) is 7.15. The van der Waals surface area contributed by atoms with Gasteiger partial charge in [0.15, 0.2) is 6.10 Å². The van der Waals surface area contributed by atoms with Crippen molar-refractivity contribution in [1.29, 1.82) is 0 Å². The lowest BCUT2D eigenvalue weighted by Crippen LogP contribution is -2.37. The Hall–Kier alpha value is -3.15. The van der Waals surface area contributed by atoms with Crippen molar-refractivity contribution in [1.82, 2.24) is 4.90 Å². The van der Waals surface area contributed by atoms with Crippen LogP contribution in [-0.4, -0.2) is 35.8 Å². The monoisotopic (exact) mass is 396 g/mol. The lowest BCUT2D eigenvalue weighted by molar-refractivity contribution is -0.139. The molecule has 0 heterocycles. The minimum absolute atomic E-state index is 0.158. The number of nitrogens with zero attached hydrogens (tertiary/aromatic N) is 1. The van der Waals surface area contributed by atoms with Gasteiger partial charge in [-0.15, -0.1) is 0 Å². The molecule has 154 valence electrons. The van der Waals surface area contributed by atoms with Gasteiger partial charge in [-0.05, 0) is 30.7 Å². The first-order chi connectivity index (χ1) is 13.6. The molecule has 6 heteroatoms. The van der Waals surface area contributed by atoms with Gasteiger partial charge in [0, 0.05) is 24.7 Å². The SMILES string of the molecule is CC(OC(=O)c1cccc(NC(=O)C(C)(C)C)c1)C(=O)N(C)Cc1ccccc1. The molecule has 0 radical (unpaired) electrons. The summed E-state index contributed by atoms with van der Waals surface area (Å²) in [7, 11) is 1.67. The third-order valence-electron chi connectivity index (χ3n) is 4.31. The summed E-state index contributed by atoms with van der Waals surface area (Å²) < 4.78 is 5.34. The van der Waals surface area contributed by atoms with E-state index < -0.39 is 17.5 Å². The molecule has 1 unspecified atom stereocenters. The number of carbonyl (C=O) groups is 3. The number of amides is 2. The largest absolute Gasteiger partial charge is 0.449 e. The lowest BCUT2D eigenvalue weighted by Gasteiger charge is -2.22. The van der Waals surface area contributed by atoms with Crippen molar-refractivity contribution in [2.75, 3.05) is 12.4 Å². The van der Waals surface area contributed by atoms with Crippen LogP contribution in [0.5, 0.6) is 0 Å². The summed E-state index contributed by atoms with van der Waals surface area (Å²) in [5.74, 6) is -1.07. The first-order valence-corrected chi connectivity index (χ1v) is 9.49. The molecule has 6 nitrogen and oxygen atoms in total. The molecule has 0 saturated carbocycles. The molecule has 0 spiro atoms. The second kappa shape index (κ2) is 9.37. The quantitative estimate of drug-likeness (QED) is 0.752. The van der Waals surface area contributed by atoms with Gasteiger partial charge in [0.05, 0.1) is 5.56 Å². The molecule has 0 aromatic heterocycles. The van der Waals surface area contributed by atoms with Crippen molar-refractivity contribution in [3.05, 3.63) is 65.7 Å². The molecule has 1 atom stereocenters. The standard InChI is InChI=1S/C23H28N2O4/c1-16(20(26)25(5)15-17-10-7-6-8-11-17)29-21(27)18-12-9-13-19(14-18)24-22(28)23(2,3)4/h6-14,16H,15H2,1-5H3,(H,24,28). The first kappa shape index (κ1) is 22.1. The Balaban J connectivity index is 1.99. The van der Waals surface area contributed by atoms with Gasteiger partial charge in [-0.3, -0.25) is 9.59 Å².